The van der Waals surface area contributed by atoms with E-state index in [0.717, 1.165) is 5.56 Å². The molecule has 1 rings (SSSR count). The molecule has 0 spiro atoms. The van der Waals surface area contributed by atoms with E-state index in [9.17, 15) is 9.18 Å². The van der Waals surface area contributed by atoms with Crippen LogP contribution in [0.4, 0.5) is 4.39 Å². The smallest absolute Gasteiger partial charge is 0.303 e. The molecule has 94 valence electrons. The van der Waals surface area contributed by atoms with E-state index in [1.807, 2.05) is 24.9 Å². The third kappa shape index (κ3) is 4.53. The van der Waals surface area contributed by atoms with E-state index in [2.05, 4.69) is 0 Å². The lowest BCUT2D eigenvalue weighted by atomic mass is 10.1. The van der Waals surface area contributed by atoms with E-state index in [1.54, 1.807) is 6.07 Å². The number of carboxylic acid groups (broad SMARTS) is 1. The summed E-state index contributed by atoms with van der Waals surface area (Å²) in [6.45, 7) is 2.67. The topological polar surface area (TPSA) is 40.5 Å². The highest BCUT2D eigenvalue weighted by atomic mass is 19.1. The van der Waals surface area contributed by atoms with Crippen LogP contribution in [0.2, 0.25) is 0 Å². The summed E-state index contributed by atoms with van der Waals surface area (Å²) in [5.74, 6) is -1.02. The summed E-state index contributed by atoms with van der Waals surface area (Å²) in [6.07, 6.45) is 0.770. The average Bonchev–Trinajstić information content (AvgIpc) is 2.27. The summed E-state index contributed by atoms with van der Waals surface area (Å²) in [5.41, 5.74) is 0.905. The molecule has 0 aliphatic carbocycles. The maximum atomic E-state index is 13.1. The maximum absolute atomic E-state index is 13.1. The minimum absolute atomic E-state index is 0.0829. The van der Waals surface area contributed by atoms with Gasteiger partial charge in [0.1, 0.15) is 5.82 Å². The lowest BCUT2D eigenvalue weighted by molar-refractivity contribution is -0.137. The summed E-state index contributed by atoms with van der Waals surface area (Å²) in [5, 5.41) is 8.55. The Labute approximate surface area is 101 Å². The summed E-state index contributed by atoms with van der Waals surface area (Å²) in [6, 6.07) is 6.58. The van der Waals surface area contributed by atoms with E-state index in [-0.39, 0.29) is 18.3 Å². The number of nitrogens with zero attached hydrogens (tertiary/aromatic N) is 1. The van der Waals surface area contributed by atoms with Crippen molar-refractivity contribution in [1.29, 1.82) is 0 Å². The number of hydrogen-bond acceptors (Lipinski definition) is 2. The predicted octanol–water partition coefficient (Wildman–Crippen LogP) is 2.68. The van der Waals surface area contributed by atoms with Crippen LogP contribution in [0.1, 0.15) is 31.4 Å². The molecule has 0 radical (unpaired) electrons. The Bertz CT molecular complexity index is 381. The van der Waals surface area contributed by atoms with Gasteiger partial charge >= 0.3 is 5.97 Å². The van der Waals surface area contributed by atoms with E-state index in [4.69, 9.17) is 5.11 Å². The van der Waals surface area contributed by atoms with E-state index in [1.165, 1.54) is 12.1 Å². The van der Waals surface area contributed by atoms with Crippen molar-refractivity contribution in [3.63, 3.8) is 0 Å². The molecule has 4 heteroatoms. The van der Waals surface area contributed by atoms with Gasteiger partial charge in [-0.05, 0) is 44.6 Å². The van der Waals surface area contributed by atoms with E-state index >= 15 is 0 Å². The molecule has 0 amide bonds. The monoisotopic (exact) mass is 239 g/mol. The number of carboxylic acids is 1. The summed E-state index contributed by atoms with van der Waals surface area (Å²) in [7, 11) is 1.91. The van der Waals surface area contributed by atoms with Crippen molar-refractivity contribution in [3.05, 3.63) is 35.6 Å². The zero-order chi connectivity index (χ0) is 12.8. The fourth-order valence-electron chi connectivity index (χ4n) is 1.69. The fourth-order valence-corrected chi connectivity index (χ4v) is 1.69. The van der Waals surface area contributed by atoms with Gasteiger partial charge in [-0.15, -0.1) is 0 Å². The lowest BCUT2D eigenvalue weighted by Crippen LogP contribution is -2.24. The second-order valence-corrected chi connectivity index (χ2v) is 4.21. The van der Waals surface area contributed by atoms with Gasteiger partial charge in [0.25, 0.3) is 0 Å². The van der Waals surface area contributed by atoms with Crippen LogP contribution in [0.25, 0.3) is 0 Å². The number of benzene rings is 1. The third-order valence-corrected chi connectivity index (χ3v) is 2.89. The molecule has 1 N–H and O–H groups in total. The number of rotatable bonds is 6. The Morgan fingerprint density at radius 1 is 1.53 bits per heavy atom. The highest BCUT2D eigenvalue weighted by Crippen LogP contribution is 2.19. The van der Waals surface area contributed by atoms with Gasteiger partial charge < -0.3 is 5.11 Å². The maximum Gasteiger partial charge on any atom is 0.303 e. The Balaban J connectivity index is 2.51. The van der Waals surface area contributed by atoms with Gasteiger partial charge in [0.15, 0.2) is 0 Å². The van der Waals surface area contributed by atoms with Crippen LogP contribution in [-0.2, 0) is 4.79 Å². The van der Waals surface area contributed by atoms with Crippen molar-refractivity contribution in [2.24, 2.45) is 0 Å². The number of halogens is 1. The minimum Gasteiger partial charge on any atom is -0.481 e. The number of aliphatic carboxylic acids is 1. The van der Waals surface area contributed by atoms with Crippen LogP contribution < -0.4 is 0 Å². The first kappa shape index (κ1) is 13.6. The normalized spacial score (nSPS) is 12.7. The third-order valence-electron chi connectivity index (χ3n) is 2.89. The molecule has 3 nitrogen and oxygen atoms in total. The molecule has 0 saturated carbocycles. The summed E-state index contributed by atoms with van der Waals surface area (Å²) < 4.78 is 13.1. The molecule has 0 heterocycles. The lowest BCUT2D eigenvalue weighted by Gasteiger charge is -2.24. The van der Waals surface area contributed by atoms with Crippen LogP contribution >= 0.6 is 0 Å². The largest absolute Gasteiger partial charge is 0.481 e. The van der Waals surface area contributed by atoms with Gasteiger partial charge in [0.2, 0.25) is 0 Å². The standard InChI is InChI=1S/C13H18FNO2/c1-10(11-5-3-6-12(14)9-11)15(2)8-4-7-13(16)17/h3,5-6,9-10H,4,7-8H2,1-2H3,(H,16,17). The first-order valence-electron chi connectivity index (χ1n) is 5.68. The molecule has 1 aromatic rings. The Morgan fingerprint density at radius 3 is 2.82 bits per heavy atom. The molecule has 0 bridgehead atoms. The SMILES string of the molecule is CC(c1cccc(F)c1)N(C)CCCC(=O)O. The van der Waals surface area contributed by atoms with Gasteiger partial charge in [-0.25, -0.2) is 4.39 Å². The van der Waals surface area contributed by atoms with Gasteiger partial charge in [-0.2, -0.15) is 0 Å². The highest BCUT2D eigenvalue weighted by Gasteiger charge is 2.12. The van der Waals surface area contributed by atoms with Crippen LogP contribution in [0.3, 0.4) is 0 Å². The molecule has 1 unspecified atom stereocenters. The first-order chi connectivity index (χ1) is 8.00. The summed E-state index contributed by atoms with van der Waals surface area (Å²) in [4.78, 5) is 12.4. The predicted molar refractivity (Wildman–Crippen MR) is 64.3 cm³/mol. The van der Waals surface area contributed by atoms with E-state index < -0.39 is 5.97 Å². The number of carbonyl (C=O) groups is 1. The van der Waals surface area contributed by atoms with Crippen molar-refractivity contribution in [3.8, 4) is 0 Å². The first-order valence-corrected chi connectivity index (χ1v) is 5.68. The quantitative estimate of drug-likeness (QED) is 0.829. The van der Waals surface area contributed by atoms with Crippen molar-refractivity contribution < 1.29 is 14.3 Å². The molecular formula is C13H18FNO2. The van der Waals surface area contributed by atoms with Gasteiger partial charge in [-0.1, -0.05) is 12.1 Å². The van der Waals surface area contributed by atoms with Gasteiger partial charge in [0, 0.05) is 12.5 Å². The van der Waals surface area contributed by atoms with Crippen LogP contribution in [0, 0.1) is 5.82 Å². The van der Waals surface area contributed by atoms with E-state index in [0.29, 0.717) is 13.0 Å². The second-order valence-electron chi connectivity index (χ2n) is 4.21. The molecular weight excluding hydrogens is 221 g/mol. The molecule has 0 aromatic heterocycles. The minimum atomic E-state index is -0.781. The van der Waals surface area contributed by atoms with Crippen molar-refractivity contribution >= 4 is 5.97 Å². The highest BCUT2D eigenvalue weighted by molar-refractivity contribution is 5.66. The van der Waals surface area contributed by atoms with Crippen molar-refractivity contribution in [2.45, 2.75) is 25.8 Å². The van der Waals surface area contributed by atoms with Crippen molar-refractivity contribution in [2.75, 3.05) is 13.6 Å². The van der Waals surface area contributed by atoms with Crippen LogP contribution in [0.5, 0.6) is 0 Å². The zero-order valence-electron chi connectivity index (χ0n) is 10.2. The number of hydrogen-bond donors (Lipinski definition) is 1. The Hall–Kier alpha value is -1.42. The Morgan fingerprint density at radius 2 is 2.24 bits per heavy atom. The van der Waals surface area contributed by atoms with Gasteiger partial charge in [-0.3, -0.25) is 9.69 Å². The molecule has 17 heavy (non-hydrogen) atoms. The molecule has 1 aromatic carbocycles. The van der Waals surface area contributed by atoms with Gasteiger partial charge in [0.05, 0.1) is 0 Å². The zero-order valence-corrected chi connectivity index (χ0v) is 10.2. The second kappa shape index (κ2) is 6.35. The van der Waals surface area contributed by atoms with Crippen molar-refractivity contribution in [1.82, 2.24) is 4.90 Å². The fraction of sp³-hybridized carbons (Fsp3) is 0.462. The summed E-state index contributed by atoms with van der Waals surface area (Å²) >= 11 is 0. The molecule has 0 aliphatic heterocycles. The van der Waals surface area contributed by atoms with Crippen LogP contribution in [0.15, 0.2) is 24.3 Å². The Kier molecular flexibility index (Phi) is 5.10. The van der Waals surface area contributed by atoms with Crippen LogP contribution in [-0.4, -0.2) is 29.6 Å². The molecule has 0 fully saturated rings. The molecule has 0 saturated heterocycles. The average molecular weight is 239 g/mol. The molecule has 0 aliphatic rings. The molecule has 1 atom stereocenters.